The first-order valence-electron chi connectivity index (χ1n) is 8.95. The molecule has 1 saturated heterocycles. The van der Waals surface area contributed by atoms with Gasteiger partial charge in [-0.2, -0.15) is 0 Å². The van der Waals surface area contributed by atoms with Crippen LogP contribution in [0.1, 0.15) is 46.5 Å². The summed E-state index contributed by atoms with van der Waals surface area (Å²) < 4.78 is 10.9. The molecular weight excluding hydrogens is 324 g/mol. The van der Waals surface area contributed by atoms with Gasteiger partial charge in [-0.15, -0.1) is 0 Å². The number of hydrogen-bond donors (Lipinski definition) is 1. The van der Waals surface area contributed by atoms with Gasteiger partial charge in [0.25, 0.3) is 0 Å². The third-order valence-electron chi connectivity index (χ3n) is 6.49. The highest BCUT2D eigenvalue weighted by Gasteiger charge is 2.69. The number of Topliss-reactive ketones (excluding diaryl/α,β-unsaturated/α-hetero) is 1. The van der Waals surface area contributed by atoms with Gasteiger partial charge in [0.2, 0.25) is 0 Å². The average Bonchev–Trinajstić information content (AvgIpc) is 2.94. The molecule has 2 saturated carbocycles. The standard InChI is InChI=1S/C19H26O6/c1-10(2)16(21)24-9-12-5-6-13-11(3)17(22)25-15(13)18(4)14(20)7-8-19(12,18)23/h10,12-13,15,23H,3,5-9H2,1-2,4H3/t12-,13+,15-,18+,19?/m1/s1. The molecule has 0 aromatic rings. The minimum atomic E-state index is -1.36. The van der Waals surface area contributed by atoms with Crippen LogP contribution in [-0.4, -0.2) is 41.1 Å². The van der Waals surface area contributed by atoms with Gasteiger partial charge in [0.05, 0.1) is 23.5 Å². The zero-order valence-electron chi connectivity index (χ0n) is 15.0. The molecule has 3 fully saturated rings. The highest BCUT2D eigenvalue weighted by atomic mass is 16.6. The molecule has 0 spiro atoms. The van der Waals surface area contributed by atoms with Gasteiger partial charge in [0.15, 0.2) is 0 Å². The summed E-state index contributed by atoms with van der Waals surface area (Å²) in [4.78, 5) is 36.6. The Kier molecular flexibility index (Phi) is 4.30. The van der Waals surface area contributed by atoms with Gasteiger partial charge in [0, 0.05) is 23.8 Å². The summed E-state index contributed by atoms with van der Waals surface area (Å²) in [7, 11) is 0. The summed E-state index contributed by atoms with van der Waals surface area (Å²) in [6, 6.07) is 0. The van der Waals surface area contributed by atoms with Crippen LogP contribution >= 0.6 is 0 Å². The van der Waals surface area contributed by atoms with E-state index >= 15 is 0 Å². The first kappa shape index (κ1) is 18.1. The highest BCUT2D eigenvalue weighted by molar-refractivity contribution is 5.94. The van der Waals surface area contributed by atoms with Crippen LogP contribution in [0, 0.1) is 23.2 Å². The Hall–Kier alpha value is -1.69. The minimum Gasteiger partial charge on any atom is -0.465 e. The topological polar surface area (TPSA) is 89.9 Å². The molecule has 25 heavy (non-hydrogen) atoms. The first-order valence-corrected chi connectivity index (χ1v) is 8.95. The Bertz CT molecular complexity index is 638. The lowest BCUT2D eigenvalue weighted by Gasteiger charge is -2.44. The van der Waals surface area contributed by atoms with Crippen LogP contribution in [0.5, 0.6) is 0 Å². The number of fused-ring (bicyclic) bond motifs is 3. The van der Waals surface area contributed by atoms with Gasteiger partial charge in [-0.25, -0.2) is 4.79 Å². The lowest BCUT2D eigenvalue weighted by atomic mass is 9.65. The Balaban J connectivity index is 1.94. The van der Waals surface area contributed by atoms with E-state index in [-0.39, 0.29) is 42.5 Å². The van der Waals surface area contributed by atoms with Crippen LogP contribution in [0.4, 0.5) is 0 Å². The van der Waals surface area contributed by atoms with Crippen LogP contribution in [0.25, 0.3) is 0 Å². The molecule has 0 radical (unpaired) electrons. The van der Waals surface area contributed by atoms with Crippen LogP contribution in [0.15, 0.2) is 12.2 Å². The second kappa shape index (κ2) is 5.94. The number of ketones is 1. The monoisotopic (exact) mass is 350 g/mol. The van der Waals surface area contributed by atoms with Gasteiger partial charge in [-0.1, -0.05) is 20.4 Å². The molecule has 3 rings (SSSR count). The average molecular weight is 350 g/mol. The lowest BCUT2D eigenvalue weighted by Crippen LogP contribution is -2.57. The summed E-state index contributed by atoms with van der Waals surface area (Å²) in [6.45, 7) is 9.08. The Labute approximate surface area is 147 Å². The van der Waals surface area contributed by atoms with Crippen molar-refractivity contribution in [3.8, 4) is 0 Å². The second-order valence-corrected chi connectivity index (χ2v) is 8.07. The molecule has 1 unspecified atom stereocenters. The van der Waals surface area contributed by atoms with Crippen LogP contribution < -0.4 is 0 Å². The van der Waals surface area contributed by atoms with Crippen molar-refractivity contribution >= 4 is 17.7 Å². The maximum Gasteiger partial charge on any atom is 0.334 e. The zero-order chi connectivity index (χ0) is 18.6. The first-order chi connectivity index (χ1) is 11.6. The molecule has 138 valence electrons. The van der Waals surface area contributed by atoms with Gasteiger partial charge >= 0.3 is 11.9 Å². The van der Waals surface area contributed by atoms with Crippen LogP contribution in [0.3, 0.4) is 0 Å². The number of esters is 2. The lowest BCUT2D eigenvalue weighted by molar-refractivity contribution is -0.178. The van der Waals surface area contributed by atoms with E-state index in [1.165, 1.54) is 0 Å². The van der Waals surface area contributed by atoms with E-state index in [0.29, 0.717) is 24.8 Å². The quantitative estimate of drug-likeness (QED) is 0.616. The molecule has 5 atom stereocenters. The number of hydrogen-bond acceptors (Lipinski definition) is 6. The van der Waals surface area contributed by atoms with Crippen molar-refractivity contribution in [2.75, 3.05) is 6.61 Å². The summed E-state index contributed by atoms with van der Waals surface area (Å²) in [5.41, 5.74) is -2.18. The van der Waals surface area contributed by atoms with Crippen molar-refractivity contribution in [2.45, 2.75) is 58.2 Å². The smallest absolute Gasteiger partial charge is 0.334 e. The molecule has 6 heteroatoms. The number of aliphatic hydroxyl groups is 1. The zero-order valence-corrected chi connectivity index (χ0v) is 15.0. The number of carbonyl (C=O) groups excluding carboxylic acids is 3. The molecule has 1 aliphatic heterocycles. The number of rotatable bonds is 3. The normalized spacial score (nSPS) is 40.5. The van der Waals surface area contributed by atoms with E-state index in [1.807, 2.05) is 0 Å². The Morgan fingerprint density at radius 1 is 1.40 bits per heavy atom. The van der Waals surface area contributed by atoms with Crippen molar-refractivity contribution in [1.29, 1.82) is 0 Å². The minimum absolute atomic E-state index is 0.0657. The maximum atomic E-state index is 12.7. The van der Waals surface area contributed by atoms with Crippen molar-refractivity contribution < 1.29 is 29.0 Å². The van der Waals surface area contributed by atoms with Crippen molar-refractivity contribution in [3.05, 3.63) is 12.2 Å². The molecule has 0 amide bonds. The second-order valence-electron chi connectivity index (χ2n) is 8.07. The SMILES string of the molecule is C=C1C(=O)O[C@@H]2[C@H]1CC[C@H](COC(=O)C(C)C)C1(O)CCC(=O)[C@@]21C. The van der Waals surface area contributed by atoms with E-state index in [0.717, 1.165) is 0 Å². The van der Waals surface area contributed by atoms with Gasteiger partial charge < -0.3 is 14.6 Å². The molecule has 1 N–H and O–H groups in total. The van der Waals surface area contributed by atoms with E-state index < -0.39 is 23.1 Å². The van der Waals surface area contributed by atoms with E-state index in [2.05, 4.69) is 6.58 Å². The van der Waals surface area contributed by atoms with E-state index in [4.69, 9.17) is 9.47 Å². The van der Waals surface area contributed by atoms with Gasteiger partial charge in [-0.3, -0.25) is 9.59 Å². The van der Waals surface area contributed by atoms with E-state index in [1.54, 1.807) is 20.8 Å². The summed E-state index contributed by atoms with van der Waals surface area (Å²) >= 11 is 0. The fourth-order valence-corrected chi connectivity index (χ4v) is 4.74. The molecule has 3 aliphatic rings. The molecule has 1 heterocycles. The predicted molar refractivity (Wildman–Crippen MR) is 88.3 cm³/mol. The van der Waals surface area contributed by atoms with Gasteiger partial charge in [-0.05, 0) is 26.2 Å². The molecule has 2 aliphatic carbocycles. The largest absolute Gasteiger partial charge is 0.465 e. The molecular formula is C19H26O6. The number of carbonyl (C=O) groups is 3. The molecule has 0 bridgehead atoms. The number of ether oxygens (including phenoxy) is 2. The summed E-state index contributed by atoms with van der Waals surface area (Å²) in [5, 5.41) is 11.5. The van der Waals surface area contributed by atoms with E-state index in [9.17, 15) is 19.5 Å². The predicted octanol–water partition coefficient (Wildman–Crippen LogP) is 1.79. The van der Waals surface area contributed by atoms with Crippen molar-refractivity contribution in [1.82, 2.24) is 0 Å². The highest BCUT2D eigenvalue weighted by Crippen LogP contribution is 2.58. The molecule has 0 aromatic heterocycles. The maximum absolute atomic E-state index is 12.7. The van der Waals surface area contributed by atoms with Crippen molar-refractivity contribution in [3.63, 3.8) is 0 Å². The third-order valence-corrected chi connectivity index (χ3v) is 6.49. The Morgan fingerprint density at radius 3 is 2.72 bits per heavy atom. The van der Waals surface area contributed by atoms with Crippen LogP contribution in [-0.2, 0) is 23.9 Å². The fraction of sp³-hybridized carbons (Fsp3) is 0.737. The van der Waals surface area contributed by atoms with Crippen molar-refractivity contribution in [2.24, 2.45) is 23.2 Å². The molecule has 6 nitrogen and oxygen atoms in total. The fourth-order valence-electron chi connectivity index (χ4n) is 4.74. The Morgan fingerprint density at radius 2 is 2.08 bits per heavy atom. The van der Waals surface area contributed by atoms with Crippen LogP contribution in [0.2, 0.25) is 0 Å². The third kappa shape index (κ3) is 2.45. The van der Waals surface area contributed by atoms with Gasteiger partial charge in [0.1, 0.15) is 11.9 Å². The summed E-state index contributed by atoms with van der Waals surface area (Å²) in [5.74, 6) is -1.81. The summed E-state index contributed by atoms with van der Waals surface area (Å²) in [6.07, 6.45) is 0.943. The molecule has 0 aromatic carbocycles.